The van der Waals surface area contributed by atoms with Gasteiger partial charge in [0, 0.05) is 6.04 Å². The summed E-state index contributed by atoms with van der Waals surface area (Å²) in [5.74, 6) is -1.47. The van der Waals surface area contributed by atoms with E-state index in [2.05, 4.69) is 5.32 Å². The minimum absolute atomic E-state index is 0.244. The lowest BCUT2D eigenvalue weighted by Gasteiger charge is -2.21. The van der Waals surface area contributed by atoms with Gasteiger partial charge in [0.25, 0.3) is 5.91 Å². The largest absolute Gasteiger partial charge is 0.481 e. The van der Waals surface area contributed by atoms with Crippen molar-refractivity contribution in [3.8, 4) is 5.75 Å². The highest BCUT2D eigenvalue weighted by Gasteiger charge is 2.34. The van der Waals surface area contributed by atoms with Crippen LogP contribution in [0.5, 0.6) is 5.75 Å². The van der Waals surface area contributed by atoms with Crippen molar-refractivity contribution in [2.24, 2.45) is 5.92 Å². The SMILES string of the molecule is CC(Oc1cccc(Cl)c1Cl)C(=O)N[C@@H]1CCC[C@@H]1C(=O)O. The number of hydrogen-bond donors (Lipinski definition) is 2. The predicted octanol–water partition coefficient (Wildman–Crippen LogP) is 3.13. The van der Waals surface area contributed by atoms with Gasteiger partial charge >= 0.3 is 5.97 Å². The molecule has 120 valence electrons. The summed E-state index contributed by atoms with van der Waals surface area (Å²) in [5.41, 5.74) is 0. The molecule has 3 atom stereocenters. The van der Waals surface area contributed by atoms with Crippen molar-refractivity contribution < 1.29 is 19.4 Å². The third-order valence-corrected chi connectivity index (χ3v) is 4.55. The van der Waals surface area contributed by atoms with E-state index < -0.39 is 18.0 Å². The summed E-state index contributed by atoms with van der Waals surface area (Å²) in [7, 11) is 0. The molecule has 0 bridgehead atoms. The van der Waals surface area contributed by atoms with E-state index in [1.54, 1.807) is 25.1 Å². The van der Waals surface area contributed by atoms with E-state index in [1.807, 2.05) is 0 Å². The van der Waals surface area contributed by atoms with E-state index in [0.29, 0.717) is 23.6 Å². The van der Waals surface area contributed by atoms with Crippen molar-refractivity contribution in [1.29, 1.82) is 0 Å². The van der Waals surface area contributed by atoms with Crippen molar-refractivity contribution >= 4 is 35.1 Å². The number of nitrogens with one attached hydrogen (secondary N) is 1. The van der Waals surface area contributed by atoms with Gasteiger partial charge in [-0.2, -0.15) is 0 Å². The number of aliphatic carboxylic acids is 1. The first-order valence-corrected chi connectivity index (χ1v) is 7.79. The molecule has 1 aromatic carbocycles. The van der Waals surface area contributed by atoms with Gasteiger partial charge in [0.2, 0.25) is 0 Å². The summed E-state index contributed by atoms with van der Waals surface area (Å²) in [6.45, 7) is 1.58. The van der Waals surface area contributed by atoms with Gasteiger partial charge in [0.15, 0.2) is 6.10 Å². The Hall–Kier alpha value is -1.46. The number of carbonyl (C=O) groups is 2. The molecule has 22 heavy (non-hydrogen) atoms. The zero-order chi connectivity index (χ0) is 16.3. The number of rotatable bonds is 5. The molecule has 1 unspecified atom stereocenters. The predicted molar refractivity (Wildman–Crippen MR) is 83.5 cm³/mol. The number of amides is 1. The molecule has 7 heteroatoms. The van der Waals surface area contributed by atoms with Crippen LogP contribution in [0.25, 0.3) is 0 Å². The zero-order valence-electron chi connectivity index (χ0n) is 12.0. The van der Waals surface area contributed by atoms with Crippen LogP contribution >= 0.6 is 23.2 Å². The Labute approximate surface area is 138 Å². The van der Waals surface area contributed by atoms with Crippen LogP contribution in [0, 0.1) is 5.92 Å². The van der Waals surface area contributed by atoms with Crippen LogP contribution in [0.4, 0.5) is 0 Å². The van der Waals surface area contributed by atoms with E-state index in [9.17, 15) is 9.59 Å². The van der Waals surface area contributed by atoms with Crippen LogP contribution in [-0.4, -0.2) is 29.1 Å². The first-order valence-electron chi connectivity index (χ1n) is 7.04. The summed E-state index contributed by atoms with van der Waals surface area (Å²) in [6.07, 6.45) is 1.23. The number of benzene rings is 1. The van der Waals surface area contributed by atoms with E-state index in [4.69, 9.17) is 33.0 Å². The molecule has 0 aliphatic heterocycles. The van der Waals surface area contributed by atoms with Gasteiger partial charge in [-0.25, -0.2) is 0 Å². The van der Waals surface area contributed by atoms with E-state index in [1.165, 1.54) is 0 Å². The summed E-state index contributed by atoms with van der Waals surface area (Å²) >= 11 is 11.9. The van der Waals surface area contributed by atoms with Gasteiger partial charge in [0.05, 0.1) is 10.9 Å². The quantitative estimate of drug-likeness (QED) is 0.859. The maximum atomic E-state index is 12.2. The highest BCUT2D eigenvalue weighted by molar-refractivity contribution is 6.42. The van der Waals surface area contributed by atoms with Crippen LogP contribution in [0.3, 0.4) is 0 Å². The van der Waals surface area contributed by atoms with Crippen molar-refractivity contribution in [2.45, 2.75) is 38.3 Å². The highest BCUT2D eigenvalue weighted by Crippen LogP contribution is 2.32. The van der Waals surface area contributed by atoms with Gasteiger partial charge in [-0.05, 0) is 31.9 Å². The lowest BCUT2D eigenvalue weighted by Crippen LogP contribution is -2.45. The minimum Gasteiger partial charge on any atom is -0.481 e. The second kappa shape index (κ2) is 7.20. The molecule has 0 aromatic heterocycles. The Balaban J connectivity index is 1.97. The third-order valence-electron chi connectivity index (χ3n) is 3.75. The first kappa shape index (κ1) is 16.9. The molecule has 1 aromatic rings. The molecule has 1 aliphatic carbocycles. The first-order chi connectivity index (χ1) is 10.4. The maximum Gasteiger partial charge on any atom is 0.308 e. The lowest BCUT2D eigenvalue weighted by atomic mass is 10.0. The number of hydrogen-bond acceptors (Lipinski definition) is 3. The Morgan fingerprint density at radius 3 is 2.77 bits per heavy atom. The van der Waals surface area contributed by atoms with Crippen molar-refractivity contribution in [3.63, 3.8) is 0 Å². The Bertz CT molecular complexity index is 579. The van der Waals surface area contributed by atoms with Crippen LogP contribution < -0.4 is 10.1 Å². The molecule has 1 saturated carbocycles. The summed E-state index contributed by atoms with van der Waals surface area (Å²) in [6, 6.07) is 4.56. The molecule has 1 amide bonds. The maximum absolute atomic E-state index is 12.2. The van der Waals surface area contributed by atoms with Crippen LogP contribution in [0.2, 0.25) is 10.0 Å². The number of carboxylic acid groups (broad SMARTS) is 1. The fourth-order valence-electron chi connectivity index (χ4n) is 2.55. The molecule has 5 nitrogen and oxygen atoms in total. The standard InChI is InChI=1S/C15H17Cl2NO4/c1-8(22-12-7-3-5-10(16)13(12)17)14(19)18-11-6-2-4-9(11)15(20)21/h3,5,7-9,11H,2,4,6H2,1H3,(H,18,19)(H,20,21)/t8?,9-,11+/m0/s1. The van der Waals surface area contributed by atoms with E-state index in [0.717, 1.165) is 6.42 Å². The van der Waals surface area contributed by atoms with Gasteiger partial charge in [-0.15, -0.1) is 0 Å². The fraction of sp³-hybridized carbons (Fsp3) is 0.467. The molecule has 0 heterocycles. The van der Waals surface area contributed by atoms with Gasteiger partial charge in [-0.3, -0.25) is 9.59 Å². The fourth-order valence-corrected chi connectivity index (χ4v) is 2.88. The second-order valence-electron chi connectivity index (χ2n) is 5.30. The monoisotopic (exact) mass is 345 g/mol. The molecular formula is C15H17Cl2NO4. The Morgan fingerprint density at radius 2 is 2.09 bits per heavy atom. The van der Waals surface area contributed by atoms with Crippen LogP contribution in [-0.2, 0) is 9.59 Å². The zero-order valence-corrected chi connectivity index (χ0v) is 13.5. The summed E-state index contributed by atoms with van der Waals surface area (Å²) in [4.78, 5) is 23.3. The number of carbonyl (C=O) groups excluding carboxylic acids is 1. The van der Waals surface area contributed by atoms with Crippen molar-refractivity contribution in [2.75, 3.05) is 0 Å². The summed E-state index contributed by atoms with van der Waals surface area (Å²) in [5, 5.41) is 12.5. The normalized spacial score (nSPS) is 22.1. The van der Waals surface area contributed by atoms with Crippen LogP contribution in [0.15, 0.2) is 18.2 Å². The lowest BCUT2D eigenvalue weighted by molar-refractivity contribution is -0.142. The van der Waals surface area contributed by atoms with Crippen molar-refractivity contribution in [3.05, 3.63) is 28.2 Å². The van der Waals surface area contributed by atoms with Gasteiger partial charge in [-0.1, -0.05) is 35.7 Å². The number of ether oxygens (including phenoxy) is 1. The van der Waals surface area contributed by atoms with Gasteiger partial charge < -0.3 is 15.2 Å². The van der Waals surface area contributed by atoms with Gasteiger partial charge in [0.1, 0.15) is 10.8 Å². The summed E-state index contributed by atoms with van der Waals surface area (Å²) < 4.78 is 5.52. The molecular weight excluding hydrogens is 329 g/mol. The molecule has 0 saturated heterocycles. The number of halogens is 2. The van der Waals surface area contributed by atoms with E-state index in [-0.39, 0.29) is 17.0 Å². The Kier molecular flexibility index (Phi) is 5.53. The average Bonchev–Trinajstić information content (AvgIpc) is 2.92. The average molecular weight is 346 g/mol. The molecule has 1 fully saturated rings. The van der Waals surface area contributed by atoms with E-state index >= 15 is 0 Å². The third kappa shape index (κ3) is 3.84. The Morgan fingerprint density at radius 1 is 1.36 bits per heavy atom. The number of carboxylic acids is 1. The minimum atomic E-state index is -0.880. The molecule has 2 N–H and O–H groups in total. The molecule has 0 radical (unpaired) electrons. The highest BCUT2D eigenvalue weighted by atomic mass is 35.5. The molecule has 0 spiro atoms. The van der Waals surface area contributed by atoms with Crippen molar-refractivity contribution in [1.82, 2.24) is 5.32 Å². The second-order valence-corrected chi connectivity index (χ2v) is 6.09. The smallest absolute Gasteiger partial charge is 0.308 e. The topological polar surface area (TPSA) is 75.6 Å². The molecule has 2 rings (SSSR count). The molecule has 1 aliphatic rings. The van der Waals surface area contributed by atoms with Crippen LogP contribution in [0.1, 0.15) is 26.2 Å².